The van der Waals surface area contributed by atoms with Crippen molar-refractivity contribution in [3.8, 4) is 0 Å². The van der Waals surface area contributed by atoms with E-state index < -0.39 is 0 Å². The molecule has 1 aromatic rings. The number of likely N-dealkylation sites (N-methyl/N-ethyl adjacent to an activating group) is 1. The number of methoxy groups -OCH3 is 1. The Bertz CT molecular complexity index is 592. The molecule has 0 unspecified atom stereocenters. The van der Waals surface area contributed by atoms with E-state index in [1.54, 1.807) is 7.11 Å². The molecular weight excluding hydrogens is 306 g/mol. The highest BCUT2D eigenvalue weighted by Crippen LogP contribution is 2.39. The monoisotopic (exact) mass is 333 g/mol. The Balaban J connectivity index is 1.32. The van der Waals surface area contributed by atoms with Gasteiger partial charge in [0.15, 0.2) is 5.82 Å². The third-order valence-corrected chi connectivity index (χ3v) is 5.64. The van der Waals surface area contributed by atoms with Gasteiger partial charge in [0.1, 0.15) is 0 Å². The molecule has 1 aliphatic carbocycles. The van der Waals surface area contributed by atoms with Gasteiger partial charge in [-0.05, 0) is 26.3 Å². The van der Waals surface area contributed by atoms with Crippen LogP contribution in [0, 0.1) is 0 Å². The molecule has 4 rings (SSSR count). The Morgan fingerprint density at radius 3 is 2.67 bits per heavy atom. The molecule has 1 N–H and O–H groups in total. The molecule has 132 valence electrons. The number of aromatic nitrogens is 2. The van der Waals surface area contributed by atoms with Crippen molar-refractivity contribution in [1.82, 2.24) is 20.0 Å². The van der Waals surface area contributed by atoms with Gasteiger partial charge in [0, 0.05) is 57.5 Å². The zero-order chi connectivity index (χ0) is 16.7. The van der Waals surface area contributed by atoms with Crippen LogP contribution in [-0.4, -0.2) is 84.9 Å². The van der Waals surface area contributed by atoms with Gasteiger partial charge in [0.2, 0.25) is 5.91 Å². The lowest BCUT2D eigenvalue weighted by Crippen LogP contribution is -2.53. The minimum absolute atomic E-state index is 0.0339. The summed E-state index contributed by atoms with van der Waals surface area (Å²) in [6, 6.07) is 2.15. The van der Waals surface area contributed by atoms with Gasteiger partial charge in [0.05, 0.1) is 12.1 Å². The van der Waals surface area contributed by atoms with Crippen molar-refractivity contribution in [1.29, 1.82) is 0 Å². The second-order valence-corrected chi connectivity index (χ2v) is 7.32. The normalized spacial score (nSPS) is 28.6. The number of likely N-dealkylation sites (tertiary alicyclic amines) is 1. The van der Waals surface area contributed by atoms with Crippen LogP contribution in [0.5, 0.6) is 0 Å². The van der Waals surface area contributed by atoms with Gasteiger partial charge >= 0.3 is 0 Å². The van der Waals surface area contributed by atoms with Crippen LogP contribution in [0.3, 0.4) is 0 Å². The van der Waals surface area contributed by atoms with Crippen molar-refractivity contribution < 1.29 is 9.53 Å². The molecule has 7 heteroatoms. The number of H-pyrrole nitrogens is 1. The fourth-order valence-corrected chi connectivity index (χ4v) is 3.87. The Morgan fingerprint density at radius 2 is 2.04 bits per heavy atom. The largest absolute Gasteiger partial charge is 0.380 e. The fraction of sp³-hybridized carbons (Fsp3) is 0.765. The van der Waals surface area contributed by atoms with E-state index in [-0.39, 0.29) is 18.1 Å². The van der Waals surface area contributed by atoms with Gasteiger partial charge in [-0.15, -0.1) is 0 Å². The van der Waals surface area contributed by atoms with Gasteiger partial charge in [-0.1, -0.05) is 0 Å². The molecule has 0 bridgehead atoms. The summed E-state index contributed by atoms with van der Waals surface area (Å²) >= 11 is 0. The molecule has 3 fully saturated rings. The molecule has 3 heterocycles. The Morgan fingerprint density at radius 1 is 1.29 bits per heavy atom. The van der Waals surface area contributed by atoms with Crippen molar-refractivity contribution in [2.24, 2.45) is 0 Å². The average Bonchev–Trinajstić information content (AvgIpc) is 3.21. The van der Waals surface area contributed by atoms with Gasteiger partial charge in [0.25, 0.3) is 0 Å². The van der Waals surface area contributed by atoms with Crippen molar-refractivity contribution in [3.05, 3.63) is 11.8 Å². The number of rotatable bonds is 4. The van der Waals surface area contributed by atoms with Crippen LogP contribution in [0.15, 0.2) is 6.07 Å². The van der Waals surface area contributed by atoms with E-state index in [9.17, 15) is 4.79 Å². The highest BCUT2D eigenvalue weighted by atomic mass is 16.5. The quantitative estimate of drug-likeness (QED) is 0.877. The molecule has 24 heavy (non-hydrogen) atoms. The third-order valence-electron chi connectivity index (χ3n) is 5.64. The van der Waals surface area contributed by atoms with Crippen molar-refractivity contribution >= 4 is 11.7 Å². The molecule has 3 aliphatic rings. The van der Waals surface area contributed by atoms with E-state index in [1.165, 1.54) is 18.5 Å². The van der Waals surface area contributed by atoms with Crippen LogP contribution < -0.4 is 4.90 Å². The van der Waals surface area contributed by atoms with E-state index in [0.29, 0.717) is 5.92 Å². The number of carbonyl (C=O) groups is 1. The minimum Gasteiger partial charge on any atom is -0.380 e. The third kappa shape index (κ3) is 3.02. The van der Waals surface area contributed by atoms with E-state index in [0.717, 1.165) is 45.0 Å². The summed E-state index contributed by atoms with van der Waals surface area (Å²) < 4.78 is 5.42. The SMILES string of the molecule is CO[C@H]1C[C@@H](C(=O)N2CCN(c3cc(C4CC4)[nH]n3)CC2)N(C)C1. The van der Waals surface area contributed by atoms with Crippen LogP contribution in [0.4, 0.5) is 5.82 Å². The molecule has 1 aromatic heterocycles. The molecular formula is C17H27N5O2. The number of nitrogens with zero attached hydrogens (tertiary/aromatic N) is 4. The number of carbonyl (C=O) groups excluding carboxylic acids is 1. The maximum absolute atomic E-state index is 12.8. The van der Waals surface area contributed by atoms with E-state index >= 15 is 0 Å². The summed E-state index contributed by atoms with van der Waals surface area (Å²) in [5, 5.41) is 7.62. The number of anilines is 1. The Hall–Kier alpha value is -1.60. The minimum atomic E-state index is -0.0339. The van der Waals surface area contributed by atoms with Crippen LogP contribution in [0.25, 0.3) is 0 Å². The lowest BCUT2D eigenvalue weighted by molar-refractivity contribution is -0.135. The first-order valence-corrected chi connectivity index (χ1v) is 8.97. The number of aromatic amines is 1. The van der Waals surface area contributed by atoms with E-state index in [1.807, 2.05) is 11.9 Å². The van der Waals surface area contributed by atoms with Gasteiger partial charge in [-0.2, -0.15) is 5.10 Å². The zero-order valence-corrected chi connectivity index (χ0v) is 14.6. The highest BCUT2D eigenvalue weighted by molar-refractivity contribution is 5.82. The molecule has 0 radical (unpaired) electrons. The summed E-state index contributed by atoms with van der Waals surface area (Å²) in [6.45, 7) is 4.08. The lowest BCUT2D eigenvalue weighted by Gasteiger charge is -2.36. The average molecular weight is 333 g/mol. The van der Waals surface area contributed by atoms with E-state index in [2.05, 4.69) is 26.1 Å². The predicted octanol–water partition coefficient (Wildman–Crippen LogP) is 0.655. The van der Waals surface area contributed by atoms with Crippen molar-refractivity contribution in [3.63, 3.8) is 0 Å². The van der Waals surface area contributed by atoms with Crippen LogP contribution in [-0.2, 0) is 9.53 Å². The summed E-state index contributed by atoms with van der Waals surface area (Å²) in [7, 11) is 3.74. The first kappa shape index (κ1) is 15.9. The van der Waals surface area contributed by atoms with E-state index in [4.69, 9.17) is 4.74 Å². The molecule has 7 nitrogen and oxygen atoms in total. The summed E-state index contributed by atoms with van der Waals surface area (Å²) in [6.07, 6.45) is 3.54. The second-order valence-electron chi connectivity index (χ2n) is 7.32. The topological polar surface area (TPSA) is 64.7 Å². The van der Waals surface area contributed by atoms with Crippen LogP contribution >= 0.6 is 0 Å². The van der Waals surface area contributed by atoms with Gasteiger partial charge in [-0.3, -0.25) is 14.8 Å². The van der Waals surface area contributed by atoms with Gasteiger partial charge < -0.3 is 14.5 Å². The number of hydrogen-bond acceptors (Lipinski definition) is 5. The number of hydrogen-bond donors (Lipinski definition) is 1. The first-order chi connectivity index (χ1) is 11.7. The number of ether oxygens (including phenoxy) is 1. The standard InChI is InChI=1S/C17H27N5O2/c1-20-11-13(24-2)9-15(20)17(23)22-7-5-21(6-8-22)16-10-14(18-19-16)12-3-4-12/h10,12-13,15H,3-9,11H2,1-2H3,(H,18,19)/t13-,15-/m0/s1. The van der Waals surface area contributed by atoms with Crippen LogP contribution in [0.2, 0.25) is 0 Å². The molecule has 2 saturated heterocycles. The fourth-order valence-electron chi connectivity index (χ4n) is 3.87. The maximum Gasteiger partial charge on any atom is 0.240 e. The lowest BCUT2D eigenvalue weighted by atomic mass is 10.1. The van der Waals surface area contributed by atoms with Gasteiger partial charge in [-0.25, -0.2) is 0 Å². The number of piperazine rings is 1. The summed E-state index contributed by atoms with van der Waals surface area (Å²) in [4.78, 5) is 19.2. The molecule has 0 spiro atoms. The second kappa shape index (κ2) is 6.37. The zero-order valence-electron chi connectivity index (χ0n) is 14.6. The molecule has 1 amide bonds. The summed E-state index contributed by atoms with van der Waals surface area (Å²) in [5.74, 6) is 1.97. The Kier molecular flexibility index (Phi) is 4.22. The molecule has 1 saturated carbocycles. The summed E-state index contributed by atoms with van der Waals surface area (Å²) in [5.41, 5.74) is 1.27. The smallest absolute Gasteiger partial charge is 0.240 e. The number of nitrogens with one attached hydrogen (secondary N) is 1. The molecule has 2 aliphatic heterocycles. The Labute approximate surface area is 142 Å². The van der Waals surface area contributed by atoms with Crippen molar-refractivity contribution in [2.75, 3.05) is 51.8 Å². The first-order valence-electron chi connectivity index (χ1n) is 8.97. The highest BCUT2D eigenvalue weighted by Gasteiger charge is 2.37. The van der Waals surface area contributed by atoms with Crippen molar-refractivity contribution in [2.45, 2.75) is 37.3 Å². The van der Waals surface area contributed by atoms with Crippen LogP contribution in [0.1, 0.15) is 30.9 Å². The maximum atomic E-state index is 12.8. The predicted molar refractivity (Wildman–Crippen MR) is 91.2 cm³/mol. The number of amides is 1. The molecule has 2 atom stereocenters. The molecule has 0 aromatic carbocycles.